The molecule has 0 aliphatic carbocycles. The third kappa shape index (κ3) is 5.27. The number of carbonyl (C=O) groups is 1. The maximum Gasteiger partial charge on any atom is 0.338 e. The third-order valence-electron chi connectivity index (χ3n) is 7.50. The Morgan fingerprint density at radius 2 is 1.71 bits per heavy atom. The van der Waals surface area contributed by atoms with Crippen molar-refractivity contribution in [3.63, 3.8) is 0 Å². The highest BCUT2D eigenvalue weighted by Crippen LogP contribution is 2.32. The molecule has 0 saturated carbocycles. The Bertz CT molecular complexity index is 1870. The normalized spacial score (nSPS) is 15.2. The van der Waals surface area contributed by atoms with Gasteiger partial charge in [0.2, 0.25) is 0 Å². The third-order valence-corrected chi connectivity index (χ3v) is 8.49. The number of nitrogens with zero attached hydrogens (tertiary/aromatic N) is 3. The minimum absolute atomic E-state index is 0.0300. The van der Waals surface area contributed by atoms with Crippen molar-refractivity contribution in [2.75, 3.05) is 6.61 Å². The van der Waals surface area contributed by atoms with E-state index in [9.17, 15) is 9.59 Å². The lowest BCUT2D eigenvalue weighted by molar-refractivity contribution is -0.139. The van der Waals surface area contributed by atoms with Gasteiger partial charge in [-0.25, -0.2) is 9.79 Å². The van der Waals surface area contributed by atoms with Gasteiger partial charge in [-0.05, 0) is 102 Å². The van der Waals surface area contributed by atoms with Crippen LogP contribution in [-0.2, 0) is 9.53 Å². The summed E-state index contributed by atoms with van der Waals surface area (Å²) < 4.78 is 15.7. The van der Waals surface area contributed by atoms with Gasteiger partial charge >= 0.3 is 5.97 Å². The number of rotatable bonds is 7. The van der Waals surface area contributed by atoms with Crippen LogP contribution in [0, 0.1) is 27.7 Å². The molecule has 3 heterocycles. The first-order valence-corrected chi connectivity index (χ1v) is 15.0. The van der Waals surface area contributed by atoms with Crippen LogP contribution in [0.1, 0.15) is 67.4 Å². The zero-order chi connectivity index (χ0) is 30.3. The van der Waals surface area contributed by atoms with Crippen LogP contribution >= 0.6 is 11.3 Å². The summed E-state index contributed by atoms with van der Waals surface area (Å²) in [5.74, 6) is 0.247. The number of fused-ring (bicyclic) bond motifs is 1. The predicted octanol–water partition coefficient (Wildman–Crippen LogP) is 5.61. The van der Waals surface area contributed by atoms with Crippen molar-refractivity contribution in [2.45, 2.75) is 67.5 Å². The Labute approximate surface area is 250 Å². The molecule has 0 saturated heterocycles. The number of hydrogen-bond acceptors (Lipinski definition) is 6. The van der Waals surface area contributed by atoms with Crippen molar-refractivity contribution in [1.29, 1.82) is 0 Å². The molecule has 1 aliphatic rings. The van der Waals surface area contributed by atoms with Gasteiger partial charge in [-0.1, -0.05) is 41.7 Å². The molecule has 2 aromatic carbocycles. The highest BCUT2D eigenvalue weighted by Gasteiger charge is 2.33. The van der Waals surface area contributed by atoms with Gasteiger partial charge in [0, 0.05) is 11.4 Å². The summed E-state index contributed by atoms with van der Waals surface area (Å²) in [5, 5.41) is 0. The molecule has 42 heavy (non-hydrogen) atoms. The fourth-order valence-corrected chi connectivity index (χ4v) is 6.72. The molecule has 0 fully saturated rings. The molecule has 7 nitrogen and oxygen atoms in total. The monoisotopic (exact) mass is 583 g/mol. The lowest BCUT2D eigenvalue weighted by atomic mass is 9.96. The van der Waals surface area contributed by atoms with E-state index in [1.807, 2.05) is 44.2 Å². The molecule has 1 aliphatic heterocycles. The Balaban J connectivity index is 1.68. The van der Waals surface area contributed by atoms with Gasteiger partial charge in [-0.15, -0.1) is 0 Å². The van der Waals surface area contributed by atoms with Gasteiger partial charge in [0.05, 0.1) is 40.2 Å². The maximum atomic E-state index is 14.1. The van der Waals surface area contributed by atoms with E-state index in [1.165, 1.54) is 22.5 Å². The summed E-state index contributed by atoms with van der Waals surface area (Å²) in [6, 6.07) is 15.3. The Kier molecular flexibility index (Phi) is 8.10. The van der Waals surface area contributed by atoms with E-state index in [0.717, 1.165) is 34.0 Å². The predicted molar refractivity (Wildman–Crippen MR) is 167 cm³/mol. The van der Waals surface area contributed by atoms with Crippen molar-refractivity contribution in [3.8, 4) is 11.4 Å². The molecule has 0 spiro atoms. The minimum Gasteiger partial charge on any atom is -0.491 e. The van der Waals surface area contributed by atoms with Crippen molar-refractivity contribution in [1.82, 2.24) is 9.13 Å². The Morgan fingerprint density at radius 1 is 1.05 bits per heavy atom. The van der Waals surface area contributed by atoms with Crippen LogP contribution < -0.4 is 19.6 Å². The number of benzene rings is 2. The van der Waals surface area contributed by atoms with Gasteiger partial charge in [-0.2, -0.15) is 0 Å². The van der Waals surface area contributed by atoms with Gasteiger partial charge in [-0.3, -0.25) is 9.36 Å². The smallest absolute Gasteiger partial charge is 0.338 e. The summed E-state index contributed by atoms with van der Waals surface area (Å²) in [6.07, 6.45) is 1.97. The molecular formula is C34H37N3O4S. The molecule has 8 heteroatoms. The number of allylic oxidation sites excluding steroid dienone is 1. The number of aromatic nitrogens is 2. The number of carbonyl (C=O) groups excluding carboxylic acids is 1. The first kappa shape index (κ1) is 29.3. The molecule has 2 aromatic heterocycles. The fraction of sp³-hybridized carbons (Fsp3) is 0.324. The summed E-state index contributed by atoms with van der Waals surface area (Å²) >= 11 is 1.33. The lowest BCUT2D eigenvalue weighted by Crippen LogP contribution is -2.39. The molecule has 1 atom stereocenters. The first-order chi connectivity index (χ1) is 20.0. The fourth-order valence-electron chi connectivity index (χ4n) is 5.69. The Hall–Kier alpha value is -4.17. The van der Waals surface area contributed by atoms with E-state index in [4.69, 9.17) is 14.5 Å². The molecule has 4 aromatic rings. The zero-order valence-electron chi connectivity index (χ0n) is 25.4. The van der Waals surface area contributed by atoms with Gasteiger partial charge in [0.1, 0.15) is 5.75 Å². The molecule has 0 bridgehead atoms. The van der Waals surface area contributed by atoms with Gasteiger partial charge in [0.15, 0.2) is 4.80 Å². The quantitative estimate of drug-likeness (QED) is 0.265. The second-order valence-electron chi connectivity index (χ2n) is 10.9. The van der Waals surface area contributed by atoms with Crippen molar-refractivity contribution >= 4 is 23.4 Å². The molecule has 0 amide bonds. The van der Waals surface area contributed by atoms with Crippen LogP contribution in [0.5, 0.6) is 5.75 Å². The van der Waals surface area contributed by atoms with E-state index in [0.29, 0.717) is 20.6 Å². The van der Waals surface area contributed by atoms with Gasteiger partial charge in [0.25, 0.3) is 5.56 Å². The Morgan fingerprint density at radius 3 is 2.33 bits per heavy atom. The van der Waals surface area contributed by atoms with Crippen LogP contribution in [-0.4, -0.2) is 27.8 Å². The lowest BCUT2D eigenvalue weighted by Gasteiger charge is -2.25. The highest BCUT2D eigenvalue weighted by atomic mass is 32.1. The SMILES string of the molecule is CCOC(=O)C1=C(C)N=c2s/c(=C\c3cc(C)n(-c4c(C)cccc4C)c3C)c(=O)n2[C@H]1c1ccc(OC(C)C)cc1. The standard InChI is InChI=1S/C34H37N3O4S/c1-9-40-33(39)29-23(7)35-34-37(31(29)25-13-15-27(16-14-25)41-19(2)3)32(38)28(42-34)18-26-17-22(6)36(24(26)8)30-20(4)11-10-12-21(30)5/h10-19,31H,9H2,1-8H3/b28-18-/t31-/m0/s1. The minimum atomic E-state index is -0.669. The number of esters is 1. The number of hydrogen-bond donors (Lipinski definition) is 0. The number of para-hydroxylation sites is 1. The van der Waals surface area contributed by atoms with Gasteiger partial charge < -0.3 is 14.0 Å². The van der Waals surface area contributed by atoms with Crippen LogP contribution in [0.15, 0.2) is 69.6 Å². The maximum absolute atomic E-state index is 14.1. The molecule has 0 radical (unpaired) electrons. The molecular weight excluding hydrogens is 546 g/mol. The molecule has 0 unspecified atom stereocenters. The van der Waals surface area contributed by atoms with E-state index in [1.54, 1.807) is 18.4 Å². The topological polar surface area (TPSA) is 74.8 Å². The molecule has 5 rings (SSSR count). The summed E-state index contributed by atoms with van der Waals surface area (Å²) in [7, 11) is 0. The number of aryl methyl sites for hydroxylation is 3. The van der Waals surface area contributed by atoms with Crippen LogP contribution in [0.2, 0.25) is 0 Å². The molecule has 0 N–H and O–H groups in total. The number of thiazole rings is 1. The van der Waals surface area contributed by atoms with E-state index >= 15 is 0 Å². The average molecular weight is 584 g/mol. The summed E-state index contributed by atoms with van der Waals surface area (Å²) in [5.41, 5.74) is 8.14. The largest absolute Gasteiger partial charge is 0.491 e. The van der Waals surface area contributed by atoms with Crippen LogP contribution in [0.3, 0.4) is 0 Å². The number of ether oxygens (including phenoxy) is 2. The summed E-state index contributed by atoms with van der Waals surface area (Å²) in [4.78, 5) is 32.6. The van der Waals surface area contributed by atoms with Crippen LogP contribution in [0.4, 0.5) is 0 Å². The van der Waals surface area contributed by atoms with E-state index < -0.39 is 12.0 Å². The molecule has 218 valence electrons. The highest BCUT2D eigenvalue weighted by molar-refractivity contribution is 7.07. The van der Waals surface area contributed by atoms with E-state index in [2.05, 4.69) is 56.5 Å². The second-order valence-corrected chi connectivity index (χ2v) is 11.9. The van der Waals surface area contributed by atoms with E-state index in [-0.39, 0.29) is 18.3 Å². The zero-order valence-corrected chi connectivity index (χ0v) is 26.3. The first-order valence-electron chi connectivity index (χ1n) is 14.2. The van der Waals surface area contributed by atoms with Crippen molar-refractivity contribution in [3.05, 3.63) is 113 Å². The average Bonchev–Trinajstić information content (AvgIpc) is 3.38. The van der Waals surface area contributed by atoms with Crippen LogP contribution in [0.25, 0.3) is 11.8 Å². The van der Waals surface area contributed by atoms with Crippen molar-refractivity contribution in [2.24, 2.45) is 4.99 Å². The van der Waals surface area contributed by atoms with Crippen molar-refractivity contribution < 1.29 is 14.3 Å². The second kappa shape index (κ2) is 11.6. The summed E-state index contributed by atoms with van der Waals surface area (Å²) in [6.45, 7) is 16.1.